The van der Waals surface area contributed by atoms with Crippen LogP contribution in [-0.4, -0.2) is 46.6 Å². The molecule has 0 aliphatic heterocycles. The minimum atomic E-state index is 0.0980. The monoisotopic (exact) mass is 366 g/mol. The Kier molecular flexibility index (Phi) is 4.39. The molecule has 0 atom stereocenters. The number of ketones is 1. The predicted molar refractivity (Wildman–Crippen MR) is 103 cm³/mol. The van der Waals surface area contributed by atoms with Gasteiger partial charge in [0.15, 0.2) is 11.4 Å². The first-order valence-corrected chi connectivity index (χ1v) is 8.92. The molecule has 1 aliphatic carbocycles. The van der Waals surface area contributed by atoms with Crippen LogP contribution in [0, 0.1) is 5.92 Å². The lowest BCUT2D eigenvalue weighted by Gasteiger charge is -2.16. The van der Waals surface area contributed by atoms with Gasteiger partial charge in [0.25, 0.3) is 0 Å². The summed E-state index contributed by atoms with van der Waals surface area (Å²) in [6.07, 6.45) is 6.12. The van der Waals surface area contributed by atoms with Crippen LogP contribution in [0.4, 0.5) is 17.3 Å². The van der Waals surface area contributed by atoms with Gasteiger partial charge in [0.1, 0.15) is 17.3 Å². The molecular weight excluding hydrogens is 344 g/mol. The van der Waals surface area contributed by atoms with Crippen molar-refractivity contribution in [1.82, 2.24) is 19.6 Å². The van der Waals surface area contributed by atoms with E-state index < -0.39 is 0 Å². The Hall–Kier alpha value is -3.16. The Labute approximate surface area is 157 Å². The van der Waals surface area contributed by atoms with Crippen molar-refractivity contribution in [3.8, 4) is 5.88 Å². The number of anilines is 3. The van der Waals surface area contributed by atoms with E-state index >= 15 is 0 Å². The van der Waals surface area contributed by atoms with Gasteiger partial charge in [0.05, 0.1) is 18.9 Å². The van der Waals surface area contributed by atoms with E-state index in [9.17, 15) is 4.79 Å². The Bertz CT molecular complexity index is 993. The maximum absolute atomic E-state index is 12.7. The summed E-state index contributed by atoms with van der Waals surface area (Å²) in [5.41, 5.74) is 1.82. The first-order valence-electron chi connectivity index (χ1n) is 8.92. The van der Waals surface area contributed by atoms with Crippen molar-refractivity contribution in [3.05, 3.63) is 36.2 Å². The topological polar surface area (TPSA) is 84.6 Å². The van der Waals surface area contributed by atoms with Crippen LogP contribution >= 0.6 is 0 Å². The predicted octanol–water partition coefficient (Wildman–Crippen LogP) is 2.93. The normalized spacial score (nSPS) is 13.6. The van der Waals surface area contributed by atoms with E-state index in [-0.39, 0.29) is 5.78 Å². The molecule has 0 amide bonds. The van der Waals surface area contributed by atoms with Gasteiger partial charge in [-0.1, -0.05) is 0 Å². The van der Waals surface area contributed by atoms with E-state index in [1.165, 1.54) is 0 Å². The fraction of sp³-hybridized carbons (Fsp3) is 0.368. The number of carbonyl (C=O) groups excluding carboxylic acids is 1. The molecule has 4 rings (SSSR count). The molecule has 140 valence electrons. The molecule has 0 saturated heterocycles. The summed E-state index contributed by atoms with van der Waals surface area (Å²) < 4.78 is 7.00. The molecule has 1 aliphatic rings. The summed E-state index contributed by atoms with van der Waals surface area (Å²) in [5, 5.41) is 7.64. The highest BCUT2D eigenvalue weighted by molar-refractivity contribution is 6.02. The van der Waals surface area contributed by atoms with Crippen LogP contribution in [0.2, 0.25) is 0 Å². The van der Waals surface area contributed by atoms with E-state index in [1.54, 1.807) is 24.0 Å². The Balaban J connectivity index is 1.77. The number of Topliss-reactive ketones (excluding diaryl/α,β-unsaturated/α-hetero) is 1. The van der Waals surface area contributed by atoms with Crippen molar-refractivity contribution in [2.75, 3.05) is 31.4 Å². The highest BCUT2D eigenvalue weighted by atomic mass is 16.5. The average molecular weight is 366 g/mol. The smallest absolute Gasteiger partial charge is 0.237 e. The van der Waals surface area contributed by atoms with E-state index in [0.717, 1.165) is 18.7 Å². The third kappa shape index (κ3) is 3.42. The molecule has 8 nitrogen and oxygen atoms in total. The molecule has 8 heteroatoms. The van der Waals surface area contributed by atoms with Gasteiger partial charge in [0, 0.05) is 32.8 Å². The lowest BCUT2D eigenvalue weighted by atomic mass is 10.1. The fourth-order valence-electron chi connectivity index (χ4n) is 3.01. The number of aromatic nitrogens is 4. The van der Waals surface area contributed by atoms with Gasteiger partial charge in [-0.25, -0.2) is 9.97 Å². The summed E-state index contributed by atoms with van der Waals surface area (Å²) in [7, 11) is 5.42. The zero-order valence-electron chi connectivity index (χ0n) is 15.6. The molecule has 3 heterocycles. The van der Waals surface area contributed by atoms with E-state index in [0.29, 0.717) is 40.9 Å². The Morgan fingerprint density at radius 1 is 1.41 bits per heavy atom. The van der Waals surface area contributed by atoms with Crippen LogP contribution in [-0.2, 0) is 0 Å². The maximum atomic E-state index is 12.7. The second kappa shape index (κ2) is 6.86. The van der Waals surface area contributed by atoms with Gasteiger partial charge in [-0.15, -0.1) is 0 Å². The number of nitrogens with zero attached hydrogens (tertiary/aromatic N) is 5. The summed E-state index contributed by atoms with van der Waals surface area (Å²) in [6.45, 7) is 0. The summed E-state index contributed by atoms with van der Waals surface area (Å²) >= 11 is 0. The van der Waals surface area contributed by atoms with E-state index in [1.807, 2.05) is 37.2 Å². The molecule has 0 aromatic carbocycles. The SMILES string of the molecule is COc1ncccc1Nc1cc(N(C)C)n2ncc(C(=O)CC3CC3)c2n1. The Morgan fingerprint density at radius 3 is 2.93 bits per heavy atom. The molecule has 1 fully saturated rings. The van der Waals surface area contributed by atoms with Gasteiger partial charge in [-0.3, -0.25) is 4.79 Å². The number of nitrogens with one attached hydrogen (secondary N) is 1. The van der Waals surface area contributed by atoms with Gasteiger partial charge < -0.3 is 15.0 Å². The molecule has 1 saturated carbocycles. The molecule has 0 radical (unpaired) electrons. The second-order valence-electron chi connectivity index (χ2n) is 6.94. The Morgan fingerprint density at radius 2 is 2.22 bits per heavy atom. The zero-order valence-corrected chi connectivity index (χ0v) is 15.6. The largest absolute Gasteiger partial charge is 0.480 e. The van der Waals surface area contributed by atoms with Crippen molar-refractivity contribution in [2.24, 2.45) is 5.92 Å². The molecule has 3 aromatic rings. The minimum Gasteiger partial charge on any atom is -0.480 e. The average Bonchev–Trinajstić information content (AvgIpc) is 3.37. The van der Waals surface area contributed by atoms with Gasteiger partial charge in [0.2, 0.25) is 5.88 Å². The van der Waals surface area contributed by atoms with Gasteiger partial charge in [-0.2, -0.15) is 9.61 Å². The quantitative estimate of drug-likeness (QED) is 0.644. The van der Waals surface area contributed by atoms with Crippen molar-refractivity contribution in [1.29, 1.82) is 0 Å². The highest BCUT2D eigenvalue weighted by Gasteiger charge is 2.27. The zero-order chi connectivity index (χ0) is 19.0. The van der Waals surface area contributed by atoms with Crippen LogP contribution in [0.1, 0.15) is 29.6 Å². The van der Waals surface area contributed by atoms with Crippen molar-refractivity contribution in [3.63, 3.8) is 0 Å². The number of pyridine rings is 1. The lowest BCUT2D eigenvalue weighted by Crippen LogP contribution is -2.15. The first kappa shape index (κ1) is 17.3. The van der Waals surface area contributed by atoms with Crippen molar-refractivity contribution >= 4 is 28.8 Å². The summed E-state index contributed by atoms with van der Waals surface area (Å²) in [5.74, 6) is 2.50. The van der Waals surface area contributed by atoms with Crippen LogP contribution in [0.5, 0.6) is 5.88 Å². The second-order valence-corrected chi connectivity index (χ2v) is 6.94. The van der Waals surface area contributed by atoms with E-state index in [2.05, 4.69) is 20.4 Å². The van der Waals surface area contributed by atoms with Crippen LogP contribution in [0.3, 0.4) is 0 Å². The molecule has 27 heavy (non-hydrogen) atoms. The molecule has 0 spiro atoms. The van der Waals surface area contributed by atoms with E-state index in [4.69, 9.17) is 4.74 Å². The number of rotatable bonds is 7. The minimum absolute atomic E-state index is 0.0980. The third-order valence-corrected chi connectivity index (χ3v) is 4.61. The number of hydrogen-bond acceptors (Lipinski definition) is 7. The highest BCUT2D eigenvalue weighted by Crippen LogP contribution is 2.34. The molecule has 0 bridgehead atoms. The molecule has 3 aromatic heterocycles. The number of methoxy groups -OCH3 is 1. The number of hydrogen-bond donors (Lipinski definition) is 1. The van der Waals surface area contributed by atoms with Gasteiger partial charge in [-0.05, 0) is 30.9 Å². The number of ether oxygens (including phenoxy) is 1. The van der Waals surface area contributed by atoms with Crippen LogP contribution in [0.15, 0.2) is 30.6 Å². The fourth-order valence-corrected chi connectivity index (χ4v) is 3.01. The van der Waals surface area contributed by atoms with Crippen LogP contribution in [0.25, 0.3) is 5.65 Å². The van der Waals surface area contributed by atoms with Crippen molar-refractivity contribution in [2.45, 2.75) is 19.3 Å². The molecule has 1 N–H and O–H groups in total. The number of carbonyl (C=O) groups is 1. The molecule has 0 unspecified atom stereocenters. The van der Waals surface area contributed by atoms with Crippen LogP contribution < -0.4 is 15.0 Å². The first-order chi connectivity index (χ1) is 13.1. The van der Waals surface area contributed by atoms with Crippen molar-refractivity contribution < 1.29 is 9.53 Å². The number of fused-ring (bicyclic) bond motifs is 1. The third-order valence-electron chi connectivity index (χ3n) is 4.61. The molecular formula is C19H22N6O2. The standard InChI is InChI=1S/C19H22N6O2/c1-24(2)17-10-16(22-14-5-4-8-20-19(14)27-3)23-18-13(11-21-25(17)18)15(26)9-12-6-7-12/h4-5,8,10-12H,6-7,9H2,1-3H3,(H,22,23). The summed E-state index contributed by atoms with van der Waals surface area (Å²) in [6, 6.07) is 5.56. The van der Waals surface area contributed by atoms with Gasteiger partial charge >= 0.3 is 0 Å². The summed E-state index contributed by atoms with van der Waals surface area (Å²) in [4.78, 5) is 23.4. The lowest BCUT2D eigenvalue weighted by molar-refractivity contribution is 0.0977. The maximum Gasteiger partial charge on any atom is 0.237 e.